The van der Waals surface area contributed by atoms with Crippen molar-refractivity contribution in [2.45, 2.75) is 223 Å². The van der Waals surface area contributed by atoms with E-state index in [1.165, 1.54) is 6.92 Å². The Hall–Kier alpha value is -1.47. The second kappa shape index (κ2) is 18.5. The van der Waals surface area contributed by atoms with Crippen LogP contribution >= 0.6 is 0 Å². The summed E-state index contributed by atoms with van der Waals surface area (Å²) < 4.78 is 50.1. The standard InChI is InChI=1S/C48H78O19/c1-20(2)10-13-28-48(9)29(39(59)64-28)22-11-12-26-45(6)16-15-27(65-41-37(57)35(55)32(52)24(63-41)19-60-40-36(56)33(53)30(50)21(3)61-40)44(4,5)25(45)14-17-46(26,7)47(22,8)43(67-48)66-42-38(58)34(54)31(51)23(18-49)62-42/h10,21-38,40-43,49-58H,11-19H2,1-9H3/t21-,22+,23+,24+,25-,26+,27-,28+,29+,30-,31+,32+,33+,34-,35-,36+,37+,38+,40+,41-,42-,43-,45-,46+,47-,48-/m0/s1. The lowest BCUT2D eigenvalue weighted by molar-refractivity contribution is -0.416. The van der Waals surface area contributed by atoms with Gasteiger partial charge in [0.05, 0.1) is 31.3 Å². The third-order valence-corrected chi connectivity index (χ3v) is 18.8. The van der Waals surface area contributed by atoms with E-state index in [9.17, 15) is 55.9 Å². The zero-order chi connectivity index (χ0) is 49.1. The van der Waals surface area contributed by atoms with Gasteiger partial charge in [0.1, 0.15) is 78.8 Å². The van der Waals surface area contributed by atoms with Crippen LogP contribution in [0.25, 0.3) is 0 Å². The maximum atomic E-state index is 14.2. The molecule has 384 valence electrons. The van der Waals surface area contributed by atoms with Gasteiger partial charge in [-0.25, -0.2) is 0 Å². The first-order valence-electron chi connectivity index (χ1n) is 24.4. The second-order valence-corrected chi connectivity index (χ2v) is 22.9. The van der Waals surface area contributed by atoms with Crippen molar-refractivity contribution in [2.24, 2.45) is 45.3 Å². The van der Waals surface area contributed by atoms with Gasteiger partial charge < -0.3 is 89.0 Å². The van der Waals surface area contributed by atoms with E-state index in [1.807, 2.05) is 26.8 Å². The zero-order valence-electron chi connectivity index (χ0n) is 40.3. The summed E-state index contributed by atoms with van der Waals surface area (Å²) in [7, 11) is 0. The molecular formula is C48H78O19. The van der Waals surface area contributed by atoms with Gasteiger partial charge in [0.2, 0.25) is 0 Å². The van der Waals surface area contributed by atoms with Crippen LogP contribution in [0, 0.1) is 45.3 Å². The minimum Gasteiger partial charge on any atom is -0.459 e. The average Bonchev–Trinajstić information content (AvgIpc) is 3.52. The van der Waals surface area contributed by atoms with E-state index in [0.29, 0.717) is 32.1 Å². The van der Waals surface area contributed by atoms with Gasteiger partial charge >= 0.3 is 5.97 Å². The number of carbonyl (C=O) groups is 1. The first-order valence-corrected chi connectivity index (χ1v) is 24.4. The van der Waals surface area contributed by atoms with Gasteiger partial charge in [-0.15, -0.1) is 0 Å². The molecule has 5 aliphatic heterocycles. The number of cyclic esters (lactones) is 1. The summed E-state index contributed by atoms with van der Waals surface area (Å²) in [5, 5.41) is 107. The number of hydrogen-bond donors (Lipinski definition) is 10. The lowest BCUT2D eigenvalue weighted by atomic mass is 9.34. The second-order valence-electron chi connectivity index (χ2n) is 22.9. The predicted octanol–water partition coefficient (Wildman–Crippen LogP) is 0.128. The van der Waals surface area contributed by atoms with Gasteiger partial charge in [-0.1, -0.05) is 46.3 Å². The quantitative estimate of drug-likeness (QED) is 0.0791. The van der Waals surface area contributed by atoms with Crippen molar-refractivity contribution >= 4 is 5.97 Å². The molecule has 67 heavy (non-hydrogen) atoms. The molecule has 0 aromatic heterocycles. The molecule has 8 fully saturated rings. The summed E-state index contributed by atoms with van der Waals surface area (Å²) in [4.78, 5) is 14.2. The molecule has 0 unspecified atom stereocenters. The van der Waals surface area contributed by atoms with Gasteiger partial charge in [-0.05, 0) is 100 Å². The molecule has 0 bridgehead atoms. The summed E-state index contributed by atoms with van der Waals surface area (Å²) in [6.07, 6.45) is -17.6. The summed E-state index contributed by atoms with van der Waals surface area (Å²) in [6, 6.07) is 0. The van der Waals surface area contributed by atoms with Crippen LogP contribution in [0.2, 0.25) is 0 Å². The fraction of sp³-hybridized carbons (Fsp3) is 0.938. The zero-order valence-corrected chi connectivity index (χ0v) is 40.3. The molecule has 10 N–H and O–H groups in total. The summed E-state index contributed by atoms with van der Waals surface area (Å²) >= 11 is 0. The first kappa shape index (κ1) is 51.9. The number of ether oxygens (including phenoxy) is 8. The lowest BCUT2D eigenvalue weighted by Crippen LogP contribution is -2.73. The Balaban J connectivity index is 1.05. The third kappa shape index (κ3) is 8.19. The van der Waals surface area contributed by atoms with Crippen LogP contribution in [0.1, 0.15) is 107 Å². The highest BCUT2D eigenvalue weighted by Crippen LogP contribution is 2.76. The van der Waals surface area contributed by atoms with Crippen molar-refractivity contribution in [3.63, 3.8) is 0 Å². The number of carbonyl (C=O) groups excluding carboxylic acids is 1. The van der Waals surface area contributed by atoms with Gasteiger partial charge in [0.25, 0.3) is 0 Å². The minimum absolute atomic E-state index is 0.0442. The summed E-state index contributed by atoms with van der Waals surface area (Å²) in [5.74, 6) is -1.16. The van der Waals surface area contributed by atoms with Crippen molar-refractivity contribution in [3.8, 4) is 0 Å². The minimum atomic E-state index is -1.68. The number of allylic oxidation sites excluding steroid dienone is 1. The van der Waals surface area contributed by atoms with Crippen molar-refractivity contribution in [1.82, 2.24) is 0 Å². The maximum Gasteiger partial charge on any atom is 0.312 e. The Bertz CT molecular complexity index is 1810. The fourth-order valence-corrected chi connectivity index (χ4v) is 14.7. The third-order valence-electron chi connectivity index (χ3n) is 18.8. The van der Waals surface area contributed by atoms with Gasteiger partial charge in [0, 0.05) is 11.8 Å². The van der Waals surface area contributed by atoms with Crippen LogP contribution in [0.15, 0.2) is 11.6 Å². The molecule has 3 aliphatic carbocycles. The Morgan fingerprint density at radius 2 is 1.28 bits per heavy atom. The average molecular weight is 959 g/mol. The summed E-state index contributed by atoms with van der Waals surface area (Å²) in [6.45, 7) is 17.3. The van der Waals surface area contributed by atoms with E-state index in [-0.39, 0.29) is 29.1 Å². The van der Waals surface area contributed by atoms with E-state index in [2.05, 4.69) is 34.6 Å². The van der Waals surface area contributed by atoms with Crippen molar-refractivity contribution in [2.75, 3.05) is 13.2 Å². The van der Waals surface area contributed by atoms with E-state index in [0.717, 1.165) is 18.4 Å². The largest absolute Gasteiger partial charge is 0.459 e. The Kier molecular flexibility index (Phi) is 14.4. The Morgan fingerprint density at radius 1 is 0.687 bits per heavy atom. The van der Waals surface area contributed by atoms with Crippen LogP contribution in [0.5, 0.6) is 0 Å². The molecule has 19 nitrogen and oxygen atoms in total. The Labute approximate surface area is 392 Å². The molecule has 5 saturated heterocycles. The maximum absolute atomic E-state index is 14.2. The number of fused-ring (bicyclic) bond motifs is 7. The van der Waals surface area contributed by atoms with Crippen LogP contribution in [0.3, 0.4) is 0 Å². The predicted molar refractivity (Wildman–Crippen MR) is 232 cm³/mol. The topological polar surface area (TPSA) is 293 Å². The van der Waals surface area contributed by atoms with E-state index < -0.39 is 152 Å². The molecule has 8 rings (SSSR count). The highest BCUT2D eigenvalue weighted by molar-refractivity contribution is 5.78. The molecular weight excluding hydrogens is 881 g/mol. The van der Waals surface area contributed by atoms with E-state index in [1.54, 1.807) is 0 Å². The highest BCUT2D eigenvalue weighted by Gasteiger charge is 2.76. The molecule has 0 radical (unpaired) electrons. The normalized spacial score (nSPS) is 55.1. The molecule has 0 spiro atoms. The van der Waals surface area contributed by atoms with Crippen molar-refractivity contribution < 1.29 is 93.8 Å². The van der Waals surface area contributed by atoms with Crippen LogP contribution < -0.4 is 0 Å². The van der Waals surface area contributed by atoms with Gasteiger partial charge in [0.15, 0.2) is 25.2 Å². The molecule has 8 aliphatic rings. The smallest absolute Gasteiger partial charge is 0.312 e. The number of aliphatic hydroxyl groups excluding tert-OH is 10. The highest BCUT2D eigenvalue weighted by atomic mass is 16.8. The molecule has 19 heteroatoms. The number of rotatable bonds is 10. The molecule has 26 atom stereocenters. The van der Waals surface area contributed by atoms with Crippen molar-refractivity contribution in [3.05, 3.63) is 11.6 Å². The first-order chi connectivity index (χ1) is 31.3. The Morgan fingerprint density at radius 3 is 1.93 bits per heavy atom. The van der Waals surface area contributed by atoms with Crippen molar-refractivity contribution in [1.29, 1.82) is 0 Å². The number of aliphatic hydroxyl groups is 10. The lowest BCUT2D eigenvalue weighted by Gasteiger charge is -2.73. The molecule has 3 saturated carbocycles. The van der Waals surface area contributed by atoms with Gasteiger partial charge in [-0.3, -0.25) is 4.79 Å². The molecule has 5 heterocycles. The molecule has 0 amide bonds. The van der Waals surface area contributed by atoms with E-state index in [4.69, 9.17) is 37.9 Å². The number of esters is 1. The monoisotopic (exact) mass is 959 g/mol. The van der Waals surface area contributed by atoms with Crippen LogP contribution in [-0.2, 0) is 42.7 Å². The van der Waals surface area contributed by atoms with Gasteiger partial charge in [-0.2, -0.15) is 0 Å². The van der Waals surface area contributed by atoms with E-state index >= 15 is 0 Å². The van der Waals surface area contributed by atoms with Crippen LogP contribution in [-0.4, -0.2) is 186 Å². The molecule has 0 aromatic carbocycles. The SMILES string of the molecule is CC(C)=CC[C@H]1OC(=O)[C@H]2[C@H]3CC[C@@H]4[C@@]5(C)CC[C@H](O[C@@H]6O[C@H](CO[C@@H]7O[C@@H](C)[C@H](O)[C@@H](O)[C@H]7O)[C@@H](O)[C@H](O)[C@H]6O)C(C)(C)[C@@H]5CC[C@@]4(C)[C@]3(C)[C@@H](O[C@@H]3O[C@H](CO)[C@@H](O)[C@H](O)[C@H]3O)O[C@@]12C. The van der Waals surface area contributed by atoms with Crippen LogP contribution in [0.4, 0.5) is 0 Å². The summed E-state index contributed by atoms with van der Waals surface area (Å²) in [5.41, 5.74) is -2.38. The molecule has 0 aromatic rings. The number of hydrogen-bond acceptors (Lipinski definition) is 19. The fourth-order valence-electron chi connectivity index (χ4n) is 14.7.